The van der Waals surface area contributed by atoms with Gasteiger partial charge in [-0.3, -0.25) is 0 Å². The van der Waals surface area contributed by atoms with Gasteiger partial charge in [0.1, 0.15) is 23.3 Å². The molecule has 9 heteroatoms. The lowest BCUT2D eigenvalue weighted by atomic mass is 10.0. The largest absolute Gasteiger partial charge is 0.490 e. The quantitative estimate of drug-likeness (QED) is 0.274. The van der Waals surface area contributed by atoms with Gasteiger partial charge in [0, 0.05) is 44.8 Å². The number of sulfone groups is 1. The molecule has 0 bridgehead atoms. The first-order valence-corrected chi connectivity index (χ1v) is 15.7. The van der Waals surface area contributed by atoms with Gasteiger partial charge in [-0.05, 0) is 92.9 Å². The number of piperidine rings is 1. The van der Waals surface area contributed by atoms with E-state index in [1.165, 1.54) is 6.26 Å². The van der Waals surface area contributed by atoms with E-state index >= 15 is 0 Å². The lowest BCUT2D eigenvalue weighted by molar-refractivity contribution is 0.0126. The predicted molar refractivity (Wildman–Crippen MR) is 161 cm³/mol. The smallest absolute Gasteiger partial charge is 0.410 e. The zero-order valence-electron chi connectivity index (χ0n) is 24.5. The van der Waals surface area contributed by atoms with Gasteiger partial charge in [-0.2, -0.15) is 0 Å². The van der Waals surface area contributed by atoms with E-state index in [1.807, 2.05) is 44.5 Å². The number of amides is 1. The van der Waals surface area contributed by atoms with Crippen LogP contribution in [0.4, 0.5) is 4.79 Å². The van der Waals surface area contributed by atoms with Crippen molar-refractivity contribution in [2.75, 3.05) is 19.3 Å². The second kappa shape index (κ2) is 10.9. The summed E-state index contributed by atoms with van der Waals surface area (Å²) in [6.45, 7) is 8.92. The van der Waals surface area contributed by atoms with Crippen LogP contribution in [0.25, 0.3) is 33.5 Å². The number of ether oxygens (including phenoxy) is 2. The van der Waals surface area contributed by atoms with Crippen molar-refractivity contribution < 1.29 is 22.7 Å². The summed E-state index contributed by atoms with van der Waals surface area (Å²) in [6, 6.07) is 19.2. The third-order valence-corrected chi connectivity index (χ3v) is 8.43. The van der Waals surface area contributed by atoms with E-state index in [9.17, 15) is 13.2 Å². The van der Waals surface area contributed by atoms with Crippen LogP contribution in [-0.4, -0.2) is 60.0 Å². The van der Waals surface area contributed by atoms with Crippen molar-refractivity contribution in [1.82, 2.24) is 14.5 Å². The van der Waals surface area contributed by atoms with Gasteiger partial charge in [-0.15, -0.1) is 0 Å². The zero-order chi connectivity index (χ0) is 29.5. The van der Waals surface area contributed by atoms with E-state index in [-0.39, 0.29) is 17.1 Å². The fourth-order valence-electron chi connectivity index (χ4n) is 5.13. The molecule has 216 valence electrons. The monoisotopic (exact) mass is 575 g/mol. The molecule has 0 N–H and O–H groups in total. The SMILES string of the molecule is Cc1cc(-c2ccc(OC3CCN(C(=O)OC(C)(C)C)CC3)cc2)cc2c1nc(-c1ccc(S(C)(=O)=O)cc1)n2C. The summed E-state index contributed by atoms with van der Waals surface area (Å²) in [4.78, 5) is 19.3. The molecule has 0 radical (unpaired) electrons. The molecule has 0 saturated carbocycles. The Kier molecular flexibility index (Phi) is 7.59. The van der Waals surface area contributed by atoms with Gasteiger partial charge in [-0.25, -0.2) is 18.2 Å². The van der Waals surface area contributed by atoms with E-state index in [2.05, 4.69) is 31.2 Å². The Morgan fingerprint density at radius 1 is 0.927 bits per heavy atom. The average Bonchev–Trinajstić information content (AvgIpc) is 3.25. The molecule has 4 aromatic rings. The fourth-order valence-corrected chi connectivity index (χ4v) is 5.76. The Labute approximate surface area is 241 Å². The number of aromatic nitrogens is 2. The molecule has 5 rings (SSSR count). The molecule has 1 aliphatic heterocycles. The van der Waals surface area contributed by atoms with Gasteiger partial charge in [0.05, 0.1) is 15.9 Å². The fraction of sp³-hybridized carbons (Fsp3) is 0.375. The molecule has 1 saturated heterocycles. The van der Waals surface area contributed by atoms with Crippen molar-refractivity contribution in [3.05, 3.63) is 66.2 Å². The van der Waals surface area contributed by atoms with Gasteiger partial charge in [0.25, 0.3) is 0 Å². The second-order valence-corrected chi connectivity index (χ2v) is 13.8. The molecule has 8 nitrogen and oxygen atoms in total. The molecule has 1 aromatic heterocycles. The topological polar surface area (TPSA) is 90.7 Å². The molecule has 1 fully saturated rings. The van der Waals surface area contributed by atoms with Crippen LogP contribution in [0.15, 0.2) is 65.6 Å². The van der Waals surface area contributed by atoms with Crippen LogP contribution in [-0.2, 0) is 21.6 Å². The standard InChI is InChI=1S/C32H37N3O5S/c1-21-19-24(20-28-29(21)33-30(34(28)5)23-9-13-27(14-10-23)41(6,37)38)22-7-11-25(12-8-22)39-26-15-17-35(18-16-26)31(36)40-32(2,3)4/h7-14,19-20,26H,15-18H2,1-6H3. The van der Waals surface area contributed by atoms with Crippen LogP contribution in [0, 0.1) is 6.92 Å². The summed E-state index contributed by atoms with van der Waals surface area (Å²) in [5, 5.41) is 0. The first-order valence-electron chi connectivity index (χ1n) is 13.8. The van der Waals surface area contributed by atoms with E-state index in [0.29, 0.717) is 13.1 Å². The number of likely N-dealkylation sites (tertiary alicyclic amines) is 1. The Bertz CT molecular complexity index is 1680. The number of carbonyl (C=O) groups is 1. The van der Waals surface area contributed by atoms with Crippen LogP contribution in [0.2, 0.25) is 0 Å². The summed E-state index contributed by atoms with van der Waals surface area (Å²) >= 11 is 0. The van der Waals surface area contributed by atoms with Gasteiger partial charge in [0.2, 0.25) is 0 Å². The third-order valence-electron chi connectivity index (χ3n) is 7.30. The molecule has 1 aliphatic rings. The highest BCUT2D eigenvalue weighted by atomic mass is 32.2. The van der Waals surface area contributed by atoms with E-state index < -0.39 is 15.4 Å². The van der Waals surface area contributed by atoms with Gasteiger partial charge in [0.15, 0.2) is 9.84 Å². The molecule has 1 amide bonds. The van der Waals surface area contributed by atoms with Crippen LogP contribution >= 0.6 is 0 Å². The van der Waals surface area contributed by atoms with Crippen LogP contribution in [0.1, 0.15) is 39.2 Å². The Morgan fingerprint density at radius 2 is 1.54 bits per heavy atom. The molecule has 2 heterocycles. The van der Waals surface area contributed by atoms with Crippen molar-refractivity contribution in [2.45, 2.75) is 57.1 Å². The number of rotatable bonds is 5. The minimum Gasteiger partial charge on any atom is -0.490 e. The molecular weight excluding hydrogens is 538 g/mol. The molecule has 41 heavy (non-hydrogen) atoms. The average molecular weight is 576 g/mol. The summed E-state index contributed by atoms with van der Waals surface area (Å²) in [5.41, 5.74) is 5.48. The number of fused-ring (bicyclic) bond motifs is 1. The van der Waals surface area contributed by atoms with E-state index in [1.54, 1.807) is 29.2 Å². The van der Waals surface area contributed by atoms with Crippen molar-refractivity contribution in [3.8, 4) is 28.3 Å². The molecular formula is C32H37N3O5S. The van der Waals surface area contributed by atoms with Crippen molar-refractivity contribution in [2.24, 2.45) is 7.05 Å². The Hall–Kier alpha value is -3.85. The molecule has 3 aromatic carbocycles. The number of aryl methyl sites for hydroxylation is 2. The minimum atomic E-state index is -3.26. The van der Waals surface area contributed by atoms with Gasteiger partial charge in [-0.1, -0.05) is 12.1 Å². The van der Waals surface area contributed by atoms with Crippen molar-refractivity contribution in [3.63, 3.8) is 0 Å². The molecule has 0 spiro atoms. The second-order valence-electron chi connectivity index (χ2n) is 11.8. The lowest BCUT2D eigenvalue weighted by Crippen LogP contribution is -2.44. The number of imidazole rings is 1. The van der Waals surface area contributed by atoms with Crippen molar-refractivity contribution in [1.29, 1.82) is 0 Å². The first-order chi connectivity index (χ1) is 19.3. The Balaban J connectivity index is 1.29. The highest BCUT2D eigenvalue weighted by Gasteiger charge is 2.27. The first kappa shape index (κ1) is 28.7. The summed E-state index contributed by atoms with van der Waals surface area (Å²) in [6.07, 6.45) is 2.51. The van der Waals surface area contributed by atoms with Crippen LogP contribution in [0.5, 0.6) is 5.75 Å². The van der Waals surface area contributed by atoms with Crippen molar-refractivity contribution >= 4 is 27.0 Å². The normalized spacial score (nSPS) is 14.8. The molecule has 0 unspecified atom stereocenters. The van der Waals surface area contributed by atoms with Gasteiger partial charge >= 0.3 is 6.09 Å². The molecule has 0 aliphatic carbocycles. The van der Waals surface area contributed by atoms with Crippen LogP contribution < -0.4 is 4.74 Å². The highest BCUT2D eigenvalue weighted by molar-refractivity contribution is 7.90. The zero-order valence-corrected chi connectivity index (χ0v) is 25.3. The number of carbonyl (C=O) groups excluding carboxylic acids is 1. The Morgan fingerprint density at radius 3 is 2.12 bits per heavy atom. The number of benzene rings is 3. The maximum Gasteiger partial charge on any atom is 0.410 e. The van der Waals surface area contributed by atoms with Gasteiger partial charge < -0.3 is 18.9 Å². The predicted octanol–water partition coefficient (Wildman–Crippen LogP) is 6.40. The maximum atomic E-state index is 12.3. The summed E-state index contributed by atoms with van der Waals surface area (Å²) < 4.78 is 37.5. The van der Waals surface area contributed by atoms with E-state index in [0.717, 1.165) is 57.7 Å². The van der Waals surface area contributed by atoms with E-state index in [4.69, 9.17) is 14.5 Å². The van der Waals surface area contributed by atoms with Crippen LogP contribution in [0.3, 0.4) is 0 Å². The lowest BCUT2D eigenvalue weighted by Gasteiger charge is -2.33. The third kappa shape index (κ3) is 6.40. The molecule has 0 atom stereocenters. The summed E-state index contributed by atoms with van der Waals surface area (Å²) in [7, 11) is -1.28. The maximum absolute atomic E-state index is 12.3. The summed E-state index contributed by atoms with van der Waals surface area (Å²) in [5.74, 6) is 1.59. The number of hydrogen-bond donors (Lipinski definition) is 0. The number of hydrogen-bond acceptors (Lipinski definition) is 6. The number of nitrogens with zero attached hydrogens (tertiary/aromatic N) is 3. The minimum absolute atomic E-state index is 0.0532. The highest BCUT2D eigenvalue weighted by Crippen LogP contribution is 2.32.